The lowest BCUT2D eigenvalue weighted by molar-refractivity contribution is 0.0441. The second-order valence-corrected chi connectivity index (χ2v) is 5.73. The van der Waals surface area contributed by atoms with Crippen molar-refractivity contribution in [2.24, 2.45) is 0 Å². The zero-order chi connectivity index (χ0) is 12.6. The van der Waals surface area contributed by atoms with Gasteiger partial charge in [-0.3, -0.25) is 4.98 Å². The summed E-state index contributed by atoms with van der Waals surface area (Å²) in [5.41, 5.74) is 1.35. The Bertz CT molecular complexity index is 353. The van der Waals surface area contributed by atoms with E-state index in [9.17, 15) is 0 Å². The topological polar surface area (TPSA) is 34.2 Å². The number of morpholine rings is 1. The van der Waals surface area contributed by atoms with E-state index < -0.39 is 0 Å². The van der Waals surface area contributed by atoms with Crippen LogP contribution in [0.2, 0.25) is 0 Å². The Hall–Kier alpha value is -0.580. The van der Waals surface area contributed by atoms with Gasteiger partial charge < -0.3 is 10.1 Å². The number of aryl methyl sites for hydroxylation is 1. The molecule has 18 heavy (non-hydrogen) atoms. The summed E-state index contributed by atoms with van der Waals surface area (Å²) >= 11 is 1.85. The molecule has 3 nitrogen and oxygen atoms in total. The van der Waals surface area contributed by atoms with Gasteiger partial charge in [0.05, 0.1) is 12.7 Å². The summed E-state index contributed by atoms with van der Waals surface area (Å²) in [6.07, 6.45) is 7.89. The predicted octanol–water partition coefficient (Wildman–Crippen LogP) is 2.50. The van der Waals surface area contributed by atoms with Crippen LogP contribution in [-0.4, -0.2) is 36.5 Å². The quantitative estimate of drug-likeness (QED) is 0.802. The van der Waals surface area contributed by atoms with E-state index >= 15 is 0 Å². The fraction of sp³-hybridized carbons (Fsp3) is 0.643. The second-order valence-electron chi connectivity index (χ2n) is 4.64. The first-order valence-electron chi connectivity index (χ1n) is 6.77. The fourth-order valence-electron chi connectivity index (χ4n) is 1.98. The highest BCUT2D eigenvalue weighted by molar-refractivity contribution is 7.99. The molecule has 1 fully saturated rings. The van der Waals surface area contributed by atoms with Crippen molar-refractivity contribution in [1.29, 1.82) is 0 Å². The molecule has 0 aliphatic carbocycles. The van der Waals surface area contributed by atoms with Crippen LogP contribution in [0.15, 0.2) is 23.4 Å². The first-order chi connectivity index (χ1) is 8.88. The lowest BCUT2D eigenvalue weighted by Gasteiger charge is -2.23. The van der Waals surface area contributed by atoms with E-state index in [0.29, 0.717) is 6.10 Å². The summed E-state index contributed by atoms with van der Waals surface area (Å²) in [7, 11) is 0. The van der Waals surface area contributed by atoms with Gasteiger partial charge in [-0.25, -0.2) is 0 Å². The van der Waals surface area contributed by atoms with E-state index in [-0.39, 0.29) is 0 Å². The Kier molecular flexibility index (Phi) is 5.97. The van der Waals surface area contributed by atoms with E-state index in [4.69, 9.17) is 4.74 Å². The van der Waals surface area contributed by atoms with Gasteiger partial charge in [-0.2, -0.15) is 0 Å². The van der Waals surface area contributed by atoms with Crippen molar-refractivity contribution >= 4 is 11.8 Å². The van der Waals surface area contributed by atoms with Crippen LogP contribution >= 0.6 is 11.8 Å². The molecule has 2 rings (SSSR count). The number of nitrogens with zero attached hydrogens (tertiary/aromatic N) is 1. The van der Waals surface area contributed by atoms with Gasteiger partial charge in [0.2, 0.25) is 0 Å². The Morgan fingerprint density at radius 3 is 3.22 bits per heavy atom. The van der Waals surface area contributed by atoms with Crippen LogP contribution in [0.1, 0.15) is 25.3 Å². The maximum Gasteiger partial charge on any atom is 0.0793 e. The maximum atomic E-state index is 5.69. The van der Waals surface area contributed by atoms with Crippen molar-refractivity contribution in [3.8, 4) is 0 Å². The minimum Gasteiger partial charge on any atom is -0.375 e. The summed E-state index contributed by atoms with van der Waals surface area (Å²) in [6, 6.07) is 2.27. The minimum absolute atomic E-state index is 0.336. The average molecular weight is 266 g/mol. The molecule has 4 heteroatoms. The third-order valence-electron chi connectivity index (χ3n) is 3.03. The van der Waals surface area contributed by atoms with Gasteiger partial charge in [0.25, 0.3) is 0 Å². The first kappa shape index (κ1) is 13.8. The zero-order valence-corrected chi connectivity index (χ0v) is 11.8. The van der Waals surface area contributed by atoms with E-state index in [1.807, 2.05) is 24.2 Å². The van der Waals surface area contributed by atoms with Crippen molar-refractivity contribution in [2.45, 2.75) is 37.2 Å². The molecule has 1 aromatic heterocycles. The van der Waals surface area contributed by atoms with Gasteiger partial charge in [-0.05, 0) is 24.5 Å². The molecule has 2 heterocycles. The molecular weight excluding hydrogens is 244 g/mol. The molecule has 1 atom stereocenters. The number of ether oxygens (including phenoxy) is 1. The molecule has 0 spiro atoms. The molecule has 1 aromatic rings. The zero-order valence-electron chi connectivity index (χ0n) is 11.0. The highest BCUT2D eigenvalue weighted by Crippen LogP contribution is 2.20. The Balaban J connectivity index is 1.80. The molecule has 1 N–H and O–H groups in total. The van der Waals surface area contributed by atoms with Gasteiger partial charge in [0, 0.05) is 36.1 Å². The lowest BCUT2D eigenvalue weighted by atomic mass is 10.1. The smallest absolute Gasteiger partial charge is 0.0793 e. The first-order valence-corrected chi connectivity index (χ1v) is 7.76. The fourth-order valence-corrected chi connectivity index (χ4v) is 2.94. The molecule has 0 saturated carbocycles. The SMILES string of the molecule is CCCCc1cncc(SCC2CNCCO2)c1. The summed E-state index contributed by atoms with van der Waals surface area (Å²) in [5.74, 6) is 1.01. The number of unbranched alkanes of at least 4 members (excludes halogenated alkanes) is 1. The van der Waals surface area contributed by atoms with Gasteiger partial charge in [0.15, 0.2) is 0 Å². The average Bonchev–Trinajstić information content (AvgIpc) is 2.44. The van der Waals surface area contributed by atoms with Crippen molar-refractivity contribution in [1.82, 2.24) is 10.3 Å². The largest absolute Gasteiger partial charge is 0.375 e. The number of pyridine rings is 1. The molecule has 1 aliphatic rings. The molecule has 1 aliphatic heterocycles. The van der Waals surface area contributed by atoms with Crippen LogP contribution in [0.5, 0.6) is 0 Å². The number of thioether (sulfide) groups is 1. The van der Waals surface area contributed by atoms with Crippen LogP contribution in [0, 0.1) is 0 Å². The van der Waals surface area contributed by atoms with E-state index in [1.54, 1.807) is 0 Å². The van der Waals surface area contributed by atoms with Crippen molar-refractivity contribution in [2.75, 3.05) is 25.4 Å². The monoisotopic (exact) mass is 266 g/mol. The molecule has 0 bridgehead atoms. The highest BCUT2D eigenvalue weighted by atomic mass is 32.2. The predicted molar refractivity (Wildman–Crippen MR) is 76.2 cm³/mol. The van der Waals surface area contributed by atoms with Gasteiger partial charge in [0.1, 0.15) is 0 Å². The molecular formula is C14H22N2OS. The highest BCUT2D eigenvalue weighted by Gasteiger charge is 2.13. The maximum absolute atomic E-state index is 5.69. The van der Waals surface area contributed by atoms with Crippen LogP contribution in [0.3, 0.4) is 0 Å². The van der Waals surface area contributed by atoms with Crippen molar-refractivity contribution in [3.05, 3.63) is 24.0 Å². The van der Waals surface area contributed by atoms with E-state index in [0.717, 1.165) is 31.9 Å². The van der Waals surface area contributed by atoms with Gasteiger partial charge >= 0.3 is 0 Å². The summed E-state index contributed by atoms with van der Waals surface area (Å²) in [6.45, 7) is 5.00. The van der Waals surface area contributed by atoms with E-state index in [1.165, 1.54) is 23.3 Å². The second kappa shape index (κ2) is 7.77. The van der Waals surface area contributed by atoms with E-state index in [2.05, 4.69) is 23.3 Å². The summed E-state index contributed by atoms with van der Waals surface area (Å²) < 4.78 is 5.69. The molecule has 0 amide bonds. The lowest BCUT2D eigenvalue weighted by Crippen LogP contribution is -2.39. The van der Waals surface area contributed by atoms with Crippen LogP contribution in [0.4, 0.5) is 0 Å². The number of rotatable bonds is 6. The summed E-state index contributed by atoms with van der Waals surface area (Å²) in [4.78, 5) is 5.59. The van der Waals surface area contributed by atoms with Crippen LogP contribution in [-0.2, 0) is 11.2 Å². The number of aromatic nitrogens is 1. The standard InChI is InChI=1S/C14H22N2OS/c1-2-3-4-12-7-14(10-16-8-12)18-11-13-9-15-5-6-17-13/h7-8,10,13,15H,2-6,9,11H2,1H3. The summed E-state index contributed by atoms with van der Waals surface area (Å²) in [5, 5.41) is 3.36. The Labute approximate surface area is 114 Å². The molecule has 1 unspecified atom stereocenters. The third kappa shape index (κ3) is 4.59. The molecule has 100 valence electrons. The Morgan fingerprint density at radius 1 is 1.50 bits per heavy atom. The molecule has 1 saturated heterocycles. The number of nitrogens with one attached hydrogen (secondary N) is 1. The van der Waals surface area contributed by atoms with Crippen LogP contribution < -0.4 is 5.32 Å². The van der Waals surface area contributed by atoms with Crippen LogP contribution in [0.25, 0.3) is 0 Å². The number of hydrogen-bond acceptors (Lipinski definition) is 4. The van der Waals surface area contributed by atoms with Gasteiger partial charge in [-0.15, -0.1) is 11.8 Å². The van der Waals surface area contributed by atoms with Crippen molar-refractivity contribution < 1.29 is 4.74 Å². The third-order valence-corrected chi connectivity index (χ3v) is 4.12. The number of hydrogen-bond donors (Lipinski definition) is 1. The van der Waals surface area contributed by atoms with Crippen molar-refractivity contribution in [3.63, 3.8) is 0 Å². The normalized spacial score (nSPS) is 19.9. The minimum atomic E-state index is 0.336. The molecule has 0 radical (unpaired) electrons. The Morgan fingerprint density at radius 2 is 2.44 bits per heavy atom. The molecule has 0 aromatic carbocycles. The van der Waals surface area contributed by atoms with Gasteiger partial charge in [-0.1, -0.05) is 13.3 Å².